The zero-order valence-corrected chi connectivity index (χ0v) is 19.4. The third-order valence-corrected chi connectivity index (χ3v) is 6.24. The summed E-state index contributed by atoms with van der Waals surface area (Å²) in [5, 5.41) is 13.1. The van der Waals surface area contributed by atoms with E-state index in [2.05, 4.69) is 32.1 Å². The van der Waals surface area contributed by atoms with Gasteiger partial charge in [-0.3, -0.25) is 4.79 Å². The van der Waals surface area contributed by atoms with Crippen LogP contribution in [0.25, 0.3) is 10.9 Å². The normalized spacial score (nSPS) is 14.3. The number of piperazine rings is 1. The number of rotatable bonds is 6. The fourth-order valence-corrected chi connectivity index (χ4v) is 4.24. The fourth-order valence-electron chi connectivity index (χ4n) is 4.24. The molecular formula is C26H26N6O3. The summed E-state index contributed by atoms with van der Waals surface area (Å²) in [6.45, 7) is 4.29. The second-order valence-electron chi connectivity index (χ2n) is 8.68. The minimum Gasteiger partial charge on any atom is -0.478 e. The molecule has 3 heterocycles. The predicted molar refractivity (Wildman–Crippen MR) is 136 cm³/mol. The van der Waals surface area contributed by atoms with Crippen molar-refractivity contribution in [2.24, 2.45) is 0 Å². The Balaban J connectivity index is 1.42. The Hall–Kier alpha value is -4.24. The molecular weight excluding hydrogens is 444 g/mol. The highest BCUT2D eigenvalue weighted by atomic mass is 16.4. The molecule has 0 radical (unpaired) electrons. The van der Waals surface area contributed by atoms with Crippen molar-refractivity contribution in [1.82, 2.24) is 19.4 Å². The minimum absolute atomic E-state index is 0.0496. The van der Waals surface area contributed by atoms with Gasteiger partial charge >= 0.3 is 5.97 Å². The lowest BCUT2D eigenvalue weighted by molar-refractivity contribution is 0.0698. The number of anilines is 3. The van der Waals surface area contributed by atoms with Crippen LogP contribution < -0.4 is 15.8 Å². The number of carbonyl (C=O) groups is 1. The molecule has 0 bridgehead atoms. The standard InChI is InChI=1S/C26H26N6O3/c1-30-11-13-31(14-12-30)20-9-7-19(8-10-20)28-26-27-15-21-23(29-26)22(25(34)35)17-32(24(21)33)16-18-5-3-2-4-6-18/h2-10,15,17H,11-14,16H2,1H3,(H,34,35)(H,27,28,29). The summed E-state index contributed by atoms with van der Waals surface area (Å²) >= 11 is 0. The van der Waals surface area contributed by atoms with Crippen molar-refractivity contribution in [1.29, 1.82) is 0 Å². The molecule has 35 heavy (non-hydrogen) atoms. The topological polar surface area (TPSA) is 104 Å². The molecule has 178 valence electrons. The zero-order chi connectivity index (χ0) is 24.4. The lowest BCUT2D eigenvalue weighted by Crippen LogP contribution is -2.44. The van der Waals surface area contributed by atoms with Crippen molar-refractivity contribution in [3.05, 3.63) is 88.5 Å². The van der Waals surface area contributed by atoms with Crippen molar-refractivity contribution < 1.29 is 9.90 Å². The van der Waals surface area contributed by atoms with E-state index in [1.54, 1.807) is 0 Å². The number of nitrogens with one attached hydrogen (secondary N) is 1. The Morgan fingerprint density at radius 3 is 2.43 bits per heavy atom. The van der Waals surface area contributed by atoms with Crippen LogP contribution in [-0.4, -0.2) is 63.7 Å². The number of nitrogens with zero attached hydrogens (tertiary/aromatic N) is 5. The summed E-state index contributed by atoms with van der Waals surface area (Å²) < 4.78 is 1.38. The first-order valence-corrected chi connectivity index (χ1v) is 11.5. The van der Waals surface area contributed by atoms with Gasteiger partial charge in [0.2, 0.25) is 5.95 Å². The first-order chi connectivity index (χ1) is 17.0. The summed E-state index contributed by atoms with van der Waals surface area (Å²) in [5.74, 6) is -0.925. The average molecular weight is 471 g/mol. The van der Waals surface area contributed by atoms with Crippen LogP contribution in [0.5, 0.6) is 0 Å². The molecule has 5 rings (SSSR count). The molecule has 0 aliphatic carbocycles. The van der Waals surface area contributed by atoms with Crippen LogP contribution in [0.1, 0.15) is 15.9 Å². The molecule has 9 heteroatoms. The number of aromatic carboxylic acids is 1. The minimum atomic E-state index is -1.15. The largest absolute Gasteiger partial charge is 0.478 e. The predicted octanol–water partition coefficient (Wildman–Crippen LogP) is 3.03. The van der Waals surface area contributed by atoms with Crippen LogP contribution in [0.2, 0.25) is 0 Å². The Morgan fingerprint density at radius 2 is 1.74 bits per heavy atom. The number of benzene rings is 2. The van der Waals surface area contributed by atoms with Gasteiger partial charge in [0.15, 0.2) is 0 Å². The quantitative estimate of drug-likeness (QED) is 0.443. The van der Waals surface area contributed by atoms with E-state index >= 15 is 0 Å². The van der Waals surface area contributed by atoms with Crippen LogP contribution in [0.3, 0.4) is 0 Å². The monoisotopic (exact) mass is 470 g/mol. The highest BCUT2D eigenvalue weighted by Crippen LogP contribution is 2.22. The number of hydrogen-bond acceptors (Lipinski definition) is 7. The number of aromatic nitrogens is 3. The van der Waals surface area contributed by atoms with Gasteiger partial charge in [0.1, 0.15) is 5.56 Å². The smallest absolute Gasteiger partial charge is 0.339 e. The second kappa shape index (κ2) is 9.55. The number of likely N-dealkylation sites (N-methyl/N-ethyl adjacent to an activating group) is 1. The Bertz CT molecular complexity index is 1410. The van der Waals surface area contributed by atoms with Crippen molar-refractivity contribution in [3.63, 3.8) is 0 Å². The van der Waals surface area contributed by atoms with Gasteiger partial charge in [0.05, 0.1) is 17.4 Å². The van der Waals surface area contributed by atoms with Crippen LogP contribution in [0.15, 0.2) is 71.8 Å². The molecule has 0 unspecified atom stereocenters. The van der Waals surface area contributed by atoms with E-state index in [9.17, 15) is 14.7 Å². The molecule has 1 fully saturated rings. The summed E-state index contributed by atoms with van der Waals surface area (Å²) in [6, 6.07) is 17.4. The Morgan fingerprint density at radius 1 is 1.03 bits per heavy atom. The molecule has 1 aliphatic rings. The summed E-state index contributed by atoms with van der Waals surface area (Å²) in [4.78, 5) is 38.4. The van der Waals surface area contributed by atoms with E-state index in [0.29, 0.717) is 0 Å². The molecule has 4 aromatic rings. The molecule has 2 aromatic heterocycles. The number of fused-ring (bicyclic) bond motifs is 1. The average Bonchev–Trinajstić information content (AvgIpc) is 2.87. The maximum atomic E-state index is 13.0. The van der Waals surface area contributed by atoms with Gasteiger partial charge in [-0.05, 0) is 36.9 Å². The van der Waals surface area contributed by atoms with Crippen molar-refractivity contribution >= 4 is 34.2 Å². The van der Waals surface area contributed by atoms with Gasteiger partial charge in [0.25, 0.3) is 5.56 Å². The highest BCUT2D eigenvalue weighted by Gasteiger charge is 2.18. The molecule has 0 saturated carbocycles. The van der Waals surface area contributed by atoms with Crippen molar-refractivity contribution in [2.45, 2.75) is 6.54 Å². The zero-order valence-electron chi connectivity index (χ0n) is 19.4. The highest BCUT2D eigenvalue weighted by molar-refractivity contribution is 6.01. The number of pyridine rings is 1. The van der Waals surface area contributed by atoms with E-state index in [1.165, 1.54) is 17.0 Å². The molecule has 0 amide bonds. The van der Waals surface area contributed by atoms with E-state index in [1.807, 2.05) is 54.6 Å². The van der Waals surface area contributed by atoms with Crippen molar-refractivity contribution in [2.75, 3.05) is 43.4 Å². The summed E-state index contributed by atoms with van der Waals surface area (Å²) in [5.41, 5.74) is 2.54. The molecule has 2 N–H and O–H groups in total. The number of carboxylic acids is 1. The lowest BCUT2D eigenvalue weighted by atomic mass is 10.1. The van der Waals surface area contributed by atoms with Gasteiger partial charge in [-0.25, -0.2) is 14.8 Å². The number of hydrogen-bond donors (Lipinski definition) is 2. The molecule has 1 aliphatic heterocycles. The molecule has 2 aromatic carbocycles. The van der Waals surface area contributed by atoms with E-state index < -0.39 is 5.97 Å². The maximum absolute atomic E-state index is 13.0. The lowest BCUT2D eigenvalue weighted by Gasteiger charge is -2.34. The second-order valence-corrected chi connectivity index (χ2v) is 8.68. The SMILES string of the molecule is CN1CCN(c2ccc(Nc3ncc4c(=O)n(Cc5ccccc5)cc(C(=O)O)c4n3)cc2)CC1. The number of carboxylic acid groups (broad SMARTS) is 1. The van der Waals surface area contributed by atoms with E-state index in [0.717, 1.165) is 43.1 Å². The summed E-state index contributed by atoms with van der Waals surface area (Å²) in [7, 11) is 2.13. The molecule has 1 saturated heterocycles. The van der Waals surface area contributed by atoms with Crippen molar-refractivity contribution in [3.8, 4) is 0 Å². The molecule has 0 atom stereocenters. The Kier molecular flexibility index (Phi) is 6.15. The first-order valence-electron chi connectivity index (χ1n) is 11.5. The third kappa shape index (κ3) is 4.85. The van der Waals surface area contributed by atoms with Crippen LogP contribution in [0, 0.1) is 0 Å². The van der Waals surface area contributed by atoms with E-state index in [-0.39, 0.29) is 34.5 Å². The van der Waals surface area contributed by atoms with Gasteiger partial charge < -0.3 is 24.8 Å². The fraction of sp³-hybridized carbons (Fsp3) is 0.231. The van der Waals surface area contributed by atoms with Crippen LogP contribution in [0.4, 0.5) is 17.3 Å². The maximum Gasteiger partial charge on any atom is 0.339 e. The summed E-state index contributed by atoms with van der Waals surface area (Å²) in [6.07, 6.45) is 2.74. The van der Waals surface area contributed by atoms with E-state index in [4.69, 9.17) is 0 Å². The van der Waals surface area contributed by atoms with Gasteiger partial charge in [-0.1, -0.05) is 30.3 Å². The van der Waals surface area contributed by atoms with Gasteiger partial charge in [-0.15, -0.1) is 0 Å². The van der Waals surface area contributed by atoms with Crippen LogP contribution in [-0.2, 0) is 6.54 Å². The van der Waals surface area contributed by atoms with Gasteiger partial charge in [0, 0.05) is 49.9 Å². The van der Waals surface area contributed by atoms with Crippen LogP contribution >= 0.6 is 0 Å². The van der Waals surface area contributed by atoms with Gasteiger partial charge in [-0.2, -0.15) is 0 Å². The first kappa shape index (κ1) is 22.5. The molecule has 0 spiro atoms. The third-order valence-electron chi connectivity index (χ3n) is 6.24. The Labute approximate surface area is 202 Å². The molecule has 9 nitrogen and oxygen atoms in total.